The standard InChI is InChI=1S/C16H21ClN2/c1-12-6-7-13(10-12)11-19-15-5-3-2-4-14(15)18-16(19)8-9-17/h2-5,12-13H,6-11H2,1H3. The molecule has 1 saturated carbocycles. The number of aromatic nitrogens is 2. The lowest BCUT2D eigenvalue weighted by Crippen LogP contribution is -2.11. The molecule has 1 aliphatic carbocycles. The molecule has 1 aromatic heterocycles. The second kappa shape index (κ2) is 5.54. The van der Waals surface area contributed by atoms with Gasteiger partial charge in [0.15, 0.2) is 0 Å². The minimum atomic E-state index is 0.643. The van der Waals surface area contributed by atoms with Crippen molar-refractivity contribution in [1.82, 2.24) is 9.55 Å². The summed E-state index contributed by atoms with van der Waals surface area (Å²) in [6.45, 7) is 3.47. The number of aryl methyl sites for hydroxylation is 1. The number of hydrogen-bond acceptors (Lipinski definition) is 1. The number of imidazole rings is 1. The smallest absolute Gasteiger partial charge is 0.111 e. The van der Waals surface area contributed by atoms with Gasteiger partial charge in [0.25, 0.3) is 0 Å². The molecule has 0 N–H and O–H groups in total. The van der Waals surface area contributed by atoms with E-state index in [0.29, 0.717) is 5.88 Å². The summed E-state index contributed by atoms with van der Waals surface area (Å²) < 4.78 is 2.40. The van der Waals surface area contributed by atoms with Crippen molar-refractivity contribution in [3.8, 4) is 0 Å². The van der Waals surface area contributed by atoms with Gasteiger partial charge in [0.2, 0.25) is 0 Å². The van der Waals surface area contributed by atoms with Crippen LogP contribution in [0.15, 0.2) is 24.3 Å². The molecule has 0 aliphatic heterocycles. The monoisotopic (exact) mass is 276 g/mol. The van der Waals surface area contributed by atoms with Crippen LogP contribution in [0.4, 0.5) is 0 Å². The van der Waals surface area contributed by atoms with E-state index in [0.717, 1.165) is 36.1 Å². The summed E-state index contributed by atoms with van der Waals surface area (Å²) in [4.78, 5) is 4.74. The highest BCUT2D eigenvalue weighted by molar-refractivity contribution is 6.17. The third-order valence-corrected chi connectivity index (χ3v) is 4.48. The molecule has 2 atom stereocenters. The van der Waals surface area contributed by atoms with E-state index in [9.17, 15) is 0 Å². The zero-order valence-electron chi connectivity index (χ0n) is 11.5. The minimum Gasteiger partial charge on any atom is -0.328 e. The number of halogens is 1. The summed E-state index contributed by atoms with van der Waals surface area (Å²) >= 11 is 5.92. The highest BCUT2D eigenvalue weighted by atomic mass is 35.5. The summed E-state index contributed by atoms with van der Waals surface area (Å²) in [5.74, 6) is 3.48. The van der Waals surface area contributed by atoms with Gasteiger partial charge in [-0.1, -0.05) is 25.5 Å². The van der Waals surface area contributed by atoms with Crippen molar-refractivity contribution in [3.05, 3.63) is 30.1 Å². The number of para-hydroxylation sites is 2. The van der Waals surface area contributed by atoms with Gasteiger partial charge in [-0.15, -0.1) is 11.6 Å². The second-order valence-corrected chi connectivity index (χ2v) is 6.23. The predicted molar refractivity (Wildman–Crippen MR) is 80.7 cm³/mol. The Balaban J connectivity index is 1.93. The Morgan fingerprint density at radius 3 is 2.89 bits per heavy atom. The molecule has 0 radical (unpaired) electrons. The average Bonchev–Trinajstić information content (AvgIpc) is 2.96. The third-order valence-electron chi connectivity index (χ3n) is 4.30. The average molecular weight is 277 g/mol. The van der Waals surface area contributed by atoms with Crippen LogP contribution >= 0.6 is 11.6 Å². The lowest BCUT2D eigenvalue weighted by atomic mass is 10.1. The molecule has 0 bridgehead atoms. The van der Waals surface area contributed by atoms with Gasteiger partial charge in [0.05, 0.1) is 11.0 Å². The number of benzene rings is 1. The van der Waals surface area contributed by atoms with Gasteiger partial charge in [-0.3, -0.25) is 0 Å². The Labute approximate surface area is 119 Å². The Kier molecular flexibility index (Phi) is 3.79. The molecule has 2 unspecified atom stereocenters. The largest absolute Gasteiger partial charge is 0.328 e. The van der Waals surface area contributed by atoms with Crippen molar-refractivity contribution in [1.29, 1.82) is 0 Å². The van der Waals surface area contributed by atoms with Crippen molar-refractivity contribution >= 4 is 22.6 Å². The maximum Gasteiger partial charge on any atom is 0.111 e. The molecule has 0 saturated heterocycles. The fourth-order valence-corrected chi connectivity index (χ4v) is 3.52. The Morgan fingerprint density at radius 2 is 2.16 bits per heavy atom. The molecule has 0 spiro atoms. The highest BCUT2D eigenvalue weighted by Gasteiger charge is 2.23. The number of alkyl halides is 1. The lowest BCUT2D eigenvalue weighted by molar-refractivity contribution is 0.439. The van der Waals surface area contributed by atoms with Crippen molar-refractivity contribution < 1.29 is 0 Å². The van der Waals surface area contributed by atoms with Crippen LogP contribution in [0, 0.1) is 11.8 Å². The van der Waals surface area contributed by atoms with Crippen molar-refractivity contribution in [2.45, 2.75) is 39.2 Å². The van der Waals surface area contributed by atoms with Crippen LogP contribution in [0.2, 0.25) is 0 Å². The van der Waals surface area contributed by atoms with Gasteiger partial charge in [-0.05, 0) is 36.8 Å². The van der Waals surface area contributed by atoms with Crippen LogP contribution in [0.25, 0.3) is 11.0 Å². The van der Waals surface area contributed by atoms with E-state index in [2.05, 4.69) is 35.8 Å². The molecule has 3 rings (SSSR count). The Morgan fingerprint density at radius 1 is 1.32 bits per heavy atom. The van der Waals surface area contributed by atoms with Gasteiger partial charge in [-0.25, -0.2) is 4.98 Å². The van der Waals surface area contributed by atoms with Crippen LogP contribution in [0.5, 0.6) is 0 Å². The fraction of sp³-hybridized carbons (Fsp3) is 0.562. The lowest BCUT2D eigenvalue weighted by Gasteiger charge is -2.14. The molecule has 1 aromatic carbocycles. The quantitative estimate of drug-likeness (QED) is 0.763. The van der Waals surface area contributed by atoms with Gasteiger partial charge >= 0.3 is 0 Å². The third kappa shape index (κ3) is 2.64. The van der Waals surface area contributed by atoms with Crippen molar-refractivity contribution in [3.63, 3.8) is 0 Å². The summed E-state index contributed by atoms with van der Waals surface area (Å²) in [7, 11) is 0. The predicted octanol–water partition coefficient (Wildman–Crippen LogP) is 4.25. The van der Waals surface area contributed by atoms with E-state index in [-0.39, 0.29) is 0 Å². The maximum absolute atomic E-state index is 5.92. The molecule has 0 amide bonds. The molecule has 102 valence electrons. The summed E-state index contributed by atoms with van der Waals surface area (Å²) in [6, 6.07) is 8.43. The first kappa shape index (κ1) is 13.0. The summed E-state index contributed by atoms with van der Waals surface area (Å²) in [5, 5.41) is 0. The zero-order chi connectivity index (χ0) is 13.2. The van der Waals surface area contributed by atoms with Crippen LogP contribution < -0.4 is 0 Å². The van der Waals surface area contributed by atoms with E-state index in [1.165, 1.54) is 24.8 Å². The van der Waals surface area contributed by atoms with Crippen molar-refractivity contribution in [2.75, 3.05) is 5.88 Å². The number of rotatable bonds is 4. The molecule has 1 aliphatic rings. The first-order valence-electron chi connectivity index (χ1n) is 7.28. The second-order valence-electron chi connectivity index (χ2n) is 5.85. The molecule has 1 fully saturated rings. The molecular formula is C16H21ClN2. The van der Waals surface area contributed by atoms with E-state index >= 15 is 0 Å². The molecular weight excluding hydrogens is 256 g/mol. The molecule has 2 aromatic rings. The maximum atomic E-state index is 5.92. The summed E-state index contributed by atoms with van der Waals surface area (Å²) in [6.07, 6.45) is 4.95. The molecule has 3 heteroatoms. The normalized spacial score (nSPS) is 23.3. The van der Waals surface area contributed by atoms with E-state index in [1.807, 2.05) is 0 Å². The van der Waals surface area contributed by atoms with Gasteiger partial charge in [0.1, 0.15) is 5.82 Å². The first-order valence-corrected chi connectivity index (χ1v) is 7.81. The van der Waals surface area contributed by atoms with Gasteiger partial charge in [-0.2, -0.15) is 0 Å². The van der Waals surface area contributed by atoms with Gasteiger partial charge in [0, 0.05) is 18.8 Å². The zero-order valence-corrected chi connectivity index (χ0v) is 12.2. The molecule has 2 nitrogen and oxygen atoms in total. The van der Waals surface area contributed by atoms with Crippen molar-refractivity contribution in [2.24, 2.45) is 11.8 Å². The number of fused-ring (bicyclic) bond motifs is 1. The molecule has 19 heavy (non-hydrogen) atoms. The van der Waals surface area contributed by atoms with Crippen LogP contribution in [-0.4, -0.2) is 15.4 Å². The highest BCUT2D eigenvalue weighted by Crippen LogP contribution is 2.32. The van der Waals surface area contributed by atoms with Crippen LogP contribution in [-0.2, 0) is 13.0 Å². The Bertz CT molecular complexity index is 561. The first-order chi connectivity index (χ1) is 9.28. The SMILES string of the molecule is CC1CCC(Cn2c(CCCl)nc3ccccc32)C1. The topological polar surface area (TPSA) is 17.8 Å². The van der Waals surface area contributed by atoms with Crippen LogP contribution in [0.3, 0.4) is 0 Å². The molecule has 1 heterocycles. The minimum absolute atomic E-state index is 0.643. The van der Waals surface area contributed by atoms with E-state index in [1.54, 1.807) is 0 Å². The summed E-state index contributed by atoms with van der Waals surface area (Å²) in [5.41, 5.74) is 2.37. The van der Waals surface area contributed by atoms with E-state index < -0.39 is 0 Å². The Hall–Kier alpha value is -1.02. The fourth-order valence-electron chi connectivity index (χ4n) is 3.35. The number of nitrogens with zero attached hydrogens (tertiary/aromatic N) is 2. The number of hydrogen-bond donors (Lipinski definition) is 0. The van der Waals surface area contributed by atoms with Gasteiger partial charge < -0.3 is 4.57 Å². The van der Waals surface area contributed by atoms with E-state index in [4.69, 9.17) is 16.6 Å². The van der Waals surface area contributed by atoms with Crippen LogP contribution in [0.1, 0.15) is 32.0 Å².